The predicted molar refractivity (Wildman–Crippen MR) is 90.9 cm³/mol. The average Bonchev–Trinajstić information content (AvgIpc) is 2.97. The summed E-state index contributed by atoms with van der Waals surface area (Å²) >= 11 is 0. The van der Waals surface area contributed by atoms with E-state index in [0.717, 1.165) is 29.7 Å². The minimum Gasteiger partial charge on any atom is -0.484 e. The molecule has 0 aliphatic rings. The summed E-state index contributed by atoms with van der Waals surface area (Å²) in [5, 5.41) is 7.13. The molecule has 130 valence electrons. The van der Waals surface area contributed by atoms with Crippen LogP contribution in [0.1, 0.15) is 17.7 Å². The Morgan fingerprint density at radius 2 is 2.12 bits per heavy atom. The van der Waals surface area contributed by atoms with Crippen LogP contribution in [0.2, 0.25) is 0 Å². The number of carbonyl (C=O) groups is 1. The van der Waals surface area contributed by atoms with Gasteiger partial charge in [-0.1, -0.05) is 0 Å². The molecule has 0 spiro atoms. The summed E-state index contributed by atoms with van der Waals surface area (Å²) in [4.78, 5) is 16.1. The van der Waals surface area contributed by atoms with Crippen molar-refractivity contribution in [3.8, 4) is 5.75 Å². The van der Waals surface area contributed by atoms with Gasteiger partial charge in [-0.2, -0.15) is 5.10 Å². The van der Waals surface area contributed by atoms with Crippen LogP contribution in [0.15, 0.2) is 42.7 Å². The highest BCUT2D eigenvalue weighted by atomic mass is 19.1. The Bertz CT molecular complexity index is 861. The van der Waals surface area contributed by atoms with Crippen molar-refractivity contribution in [2.45, 2.75) is 19.8 Å². The molecule has 0 aliphatic heterocycles. The van der Waals surface area contributed by atoms with E-state index in [0.29, 0.717) is 12.3 Å². The fourth-order valence-electron chi connectivity index (χ4n) is 2.41. The molecule has 1 N–H and O–H groups in total. The van der Waals surface area contributed by atoms with Gasteiger partial charge >= 0.3 is 0 Å². The molecule has 0 atom stereocenters. The summed E-state index contributed by atoms with van der Waals surface area (Å²) in [6, 6.07) is 7.48. The molecule has 3 aromatic rings. The van der Waals surface area contributed by atoms with Gasteiger partial charge in [-0.25, -0.2) is 13.9 Å². The van der Waals surface area contributed by atoms with Crippen molar-refractivity contribution >= 4 is 11.6 Å². The van der Waals surface area contributed by atoms with Gasteiger partial charge in [0, 0.05) is 25.0 Å². The molecule has 3 rings (SSSR count). The lowest BCUT2D eigenvalue weighted by Gasteiger charge is -2.07. The molecule has 2 heterocycles. The number of halogens is 1. The van der Waals surface area contributed by atoms with Crippen LogP contribution in [0.4, 0.5) is 4.39 Å². The fourth-order valence-corrected chi connectivity index (χ4v) is 2.41. The Morgan fingerprint density at radius 3 is 2.92 bits per heavy atom. The second-order valence-corrected chi connectivity index (χ2v) is 5.75. The van der Waals surface area contributed by atoms with Gasteiger partial charge in [0.25, 0.3) is 5.91 Å². The zero-order valence-electron chi connectivity index (χ0n) is 13.9. The van der Waals surface area contributed by atoms with E-state index in [1.165, 1.54) is 24.3 Å². The van der Waals surface area contributed by atoms with E-state index in [9.17, 15) is 9.18 Å². The molecule has 0 bridgehead atoms. The quantitative estimate of drug-likeness (QED) is 0.669. The Morgan fingerprint density at radius 1 is 1.32 bits per heavy atom. The highest BCUT2D eigenvalue weighted by Gasteiger charge is 2.04. The third-order valence-corrected chi connectivity index (χ3v) is 3.64. The summed E-state index contributed by atoms with van der Waals surface area (Å²) in [5.41, 5.74) is 2.82. The Balaban J connectivity index is 1.38. The van der Waals surface area contributed by atoms with Gasteiger partial charge in [0.1, 0.15) is 11.6 Å². The average molecular weight is 342 g/mol. The Labute approximate surface area is 144 Å². The normalized spacial score (nSPS) is 10.8. The third kappa shape index (κ3) is 4.76. The second kappa shape index (κ2) is 7.74. The summed E-state index contributed by atoms with van der Waals surface area (Å²) in [7, 11) is 0. The minimum absolute atomic E-state index is 0.0916. The van der Waals surface area contributed by atoms with Crippen LogP contribution in [0.3, 0.4) is 0 Å². The van der Waals surface area contributed by atoms with Gasteiger partial charge in [0.2, 0.25) is 0 Å². The topological polar surface area (TPSA) is 68.5 Å². The van der Waals surface area contributed by atoms with E-state index in [-0.39, 0.29) is 18.3 Å². The first kappa shape index (κ1) is 16.9. The number of aromatic nitrogens is 3. The number of rotatable bonds is 7. The molecule has 25 heavy (non-hydrogen) atoms. The Kier molecular flexibility index (Phi) is 5.23. The van der Waals surface area contributed by atoms with E-state index in [2.05, 4.69) is 15.4 Å². The fraction of sp³-hybridized carbons (Fsp3) is 0.278. The van der Waals surface area contributed by atoms with Crippen molar-refractivity contribution in [2.24, 2.45) is 0 Å². The number of ether oxygens (including phenoxy) is 1. The molecular formula is C18H19FN4O2. The lowest BCUT2D eigenvalue weighted by atomic mass is 10.2. The first-order valence-corrected chi connectivity index (χ1v) is 8.06. The number of nitrogens with one attached hydrogen (secondary N) is 1. The molecule has 2 aromatic heterocycles. The largest absolute Gasteiger partial charge is 0.484 e. The molecule has 0 unspecified atom stereocenters. The second-order valence-electron chi connectivity index (χ2n) is 5.75. The van der Waals surface area contributed by atoms with Crippen LogP contribution in [-0.4, -0.2) is 33.7 Å². The Hall–Kier alpha value is -2.96. The number of carbonyl (C=O) groups excluding carboxylic acids is 1. The minimum atomic E-state index is -0.338. The summed E-state index contributed by atoms with van der Waals surface area (Å²) in [6.45, 7) is 2.38. The molecule has 0 saturated heterocycles. The first-order valence-electron chi connectivity index (χ1n) is 8.06. The van der Waals surface area contributed by atoms with Crippen LogP contribution in [-0.2, 0) is 11.2 Å². The number of benzene rings is 1. The van der Waals surface area contributed by atoms with Crippen LogP contribution in [0, 0.1) is 12.7 Å². The van der Waals surface area contributed by atoms with Crippen molar-refractivity contribution in [3.05, 3.63) is 59.8 Å². The van der Waals surface area contributed by atoms with Crippen molar-refractivity contribution in [2.75, 3.05) is 13.2 Å². The number of nitrogens with zero attached hydrogens (tertiary/aromatic N) is 3. The zero-order chi connectivity index (χ0) is 17.6. The van der Waals surface area contributed by atoms with E-state index in [1.807, 2.05) is 25.4 Å². The summed E-state index contributed by atoms with van der Waals surface area (Å²) in [5.74, 6) is -0.0826. The molecule has 7 heteroatoms. The molecule has 6 nitrogen and oxygen atoms in total. The van der Waals surface area contributed by atoms with Gasteiger partial charge in [-0.3, -0.25) is 4.79 Å². The third-order valence-electron chi connectivity index (χ3n) is 3.64. The SMILES string of the molecule is Cc1cc2ncc(CCCNC(=O)COc3ccc(F)cc3)cn2n1. The first-order chi connectivity index (χ1) is 12.1. The van der Waals surface area contributed by atoms with Gasteiger partial charge < -0.3 is 10.1 Å². The molecule has 0 radical (unpaired) electrons. The van der Waals surface area contributed by atoms with Gasteiger partial charge in [0.15, 0.2) is 12.3 Å². The van der Waals surface area contributed by atoms with Crippen LogP contribution in [0.5, 0.6) is 5.75 Å². The number of hydrogen-bond acceptors (Lipinski definition) is 4. The van der Waals surface area contributed by atoms with E-state index < -0.39 is 0 Å². The lowest BCUT2D eigenvalue weighted by Crippen LogP contribution is -2.29. The maximum absolute atomic E-state index is 12.8. The van der Waals surface area contributed by atoms with Gasteiger partial charge in [-0.05, 0) is 49.6 Å². The van der Waals surface area contributed by atoms with Gasteiger partial charge in [-0.15, -0.1) is 0 Å². The molecule has 1 aromatic carbocycles. The van der Waals surface area contributed by atoms with Crippen LogP contribution < -0.4 is 10.1 Å². The van der Waals surface area contributed by atoms with Crippen LogP contribution in [0.25, 0.3) is 5.65 Å². The van der Waals surface area contributed by atoms with Crippen molar-refractivity contribution < 1.29 is 13.9 Å². The molecule has 0 saturated carbocycles. The predicted octanol–water partition coefficient (Wildman–Crippen LogP) is 2.30. The smallest absolute Gasteiger partial charge is 0.257 e. The molecular weight excluding hydrogens is 323 g/mol. The summed E-state index contributed by atoms with van der Waals surface area (Å²) in [6.07, 6.45) is 5.36. The monoisotopic (exact) mass is 342 g/mol. The number of aryl methyl sites for hydroxylation is 2. The van der Waals surface area contributed by atoms with E-state index in [4.69, 9.17) is 4.74 Å². The number of amides is 1. The molecule has 0 fully saturated rings. The van der Waals surface area contributed by atoms with Crippen molar-refractivity contribution in [3.63, 3.8) is 0 Å². The highest BCUT2D eigenvalue weighted by molar-refractivity contribution is 5.77. The summed E-state index contributed by atoms with van der Waals surface area (Å²) < 4.78 is 19.8. The number of hydrogen-bond donors (Lipinski definition) is 1. The van der Waals surface area contributed by atoms with E-state index in [1.54, 1.807) is 4.52 Å². The maximum Gasteiger partial charge on any atom is 0.257 e. The zero-order valence-corrected chi connectivity index (χ0v) is 13.9. The maximum atomic E-state index is 12.8. The van der Waals surface area contributed by atoms with E-state index >= 15 is 0 Å². The lowest BCUT2D eigenvalue weighted by molar-refractivity contribution is -0.123. The standard InChI is InChI=1S/C18H19FN4O2/c1-13-9-17-21-10-14(11-23(17)22-13)3-2-8-20-18(24)12-25-16-6-4-15(19)5-7-16/h4-7,9-11H,2-3,8,12H2,1H3,(H,20,24). The van der Waals surface area contributed by atoms with Gasteiger partial charge in [0.05, 0.1) is 5.69 Å². The number of fused-ring (bicyclic) bond motifs is 1. The highest BCUT2D eigenvalue weighted by Crippen LogP contribution is 2.10. The molecule has 1 amide bonds. The van der Waals surface area contributed by atoms with Crippen molar-refractivity contribution in [1.82, 2.24) is 19.9 Å². The van der Waals surface area contributed by atoms with Crippen LogP contribution >= 0.6 is 0 Å². The molecule has 0 aliphatic carbocycles. The van der Waals surface area contributed by atoms with Crippen molar-refractivity contribution in [1.29, 1.82) is 0 Å².